The van der Waals surface area contributed by atoms with Crippen LogP contribution in [0.2, 0.25) is 0 Å². The maximum atomic E-state index is 13.1. The second-order valence-corrected chi connectivity index (χ2v) is 8.17. The average Bonchev–Trinajstić information content (AvgIpc) is 3.16. The summed E-state index contributed by atoms with van der Waals surface area (Å²) in [6.45, 7) is 3.63. The molecule has 0 atom stereocenters. The zero-order chi connectivity index (χ0) is 22.9. The molecule has 0 N–H and O–H groups in total. The number of nitrogens with zero attached hydrogens (tertiary/aromatic N) is 1. The third kappa shape index (κ3) is 3.94. The van der Waals surface area contributed by atoms with Crippen LogP contribution in [0, 0.1) is 6.92 Å². The zero-order valence-corrected chi connectivity index (χ0v) is 18.9. The van der Waals surface area contributed by atoms with E-state index >= 15 is 0 Å². The Morgan fingerprint density at radius 2 is 1.82 bits per heavy atom. The van der Waals surface area contributed by atoms with Crippen molar-refractivity contribution < 1.29 is 23.7 Å². The van der Waals surface area contributed by atoms with E-state index in [2.05, 4.69) is 4.90 Å². The first-order chi connectivity index (χ1) is 16.1. The third-order valence-corrected chi connectivity index (χ3v) is 5.94. The summed E-state index contributed by atoms with van der Waals surface area (Å²) in [6, 6.07) is 17.5. The monoisotopic (exact) mass is 443 g/mol. The Morgan fingerprint density at radius 1 is 1.03 bits per heavy atom. The van der Waals surface area contributed by atoms with Crippen molar-refractivity contribution in [2.24, 2.45) is 0 Å². The summed E-state index contributed by atoms with van der Waals surface area (Å²) >= 11 is 0. The van der Waals surface area contributed by atoms with E-state index in [0.29, 0.717) is 48.4 Å². The van der Waals surface area contributed by atoms with Gasteiger partial charge in [-0.25, -0.2) is 0 Å². The number of benzene rings is 3. The van der Waals surface area contributed by atoms with Crippen molar-refractivity contribution in [3.8, 4) is 23.0 Å². The highest BCUT2D eigenvalue weighted by molar-refractivity contribution is 6.15. The standard InChI is InChI=1S/C27H25NO5/c1-17-11-22-20(27-25(17)26(29)24(33-27)12-18-7-5-4-6-8-18)15-28(16-32-22)14-19-9-10-21(30-2)23(13-19)31-3/h4-13H,14-16H2,1-3H3/b24-12-. The summed E-state index contributed by atoms with van der Waals surface area (Å²) in [7, 11) is 3.25. The molecular weight excluding hydrogens is 418 g/mol. The largest absolute Gasteiger partial charge is 0.493 e. The van der Waals surface area contributed by atoms with Gasteiger partial charge in [-0.15, -0.1) is 0 Å². The number of aryl methyl sites for hydroxylation is 1. The Labute approximate surface area is 193 Å². The molecule has 6 nitrogen and oxygen atoms in total. The van der Waals surface area contributed by atoms with E-state index < -0.39 is 0 Å². The van der Waals surface area contributed by atoms with Crippen molar-refractivity contribution in [3.05, 3.63) is 88.2 Å². The van der Waals surface area contributed by atoms with Gasteiger partial charge in [0.15, 0.2) is 17.3 Å². The molecule has 0 unspecified atom stereocenters. The topological polar surface area (TPSA) is 57.2 Å². The highest BCUT2D eigenvalue weighted by Crippen LogP contribution is 2.44. The lowest BCUT2D eigenvalue weighted by atomic mass is 9.98. The fourth-order valence-electron chi connectivity index (χ4n) is 4.32. The van der Waals surface area contributed by atoms with Crippen LogP contribution >= 0.6 is 0 Å². The molecule has 3 aromatic rings. The minimum atomic E-state index is -0.0915. The molecule has 33 heavy (non-hydrogen) atoms. The highest BCUT2D eigenvalue weighted by Gasteiger charge is 2.35. The predicted octanol–water partition coefficient (Wildman–Crippen LogP) is 4.98. The average molecular weight is 443 g/mol. The van der Waals surface area contributed by atoms with E-state index in [4.69, 9.17) is 18.9 Å². The van der Waals surface area contributed by atoms with Crippen molar-refractivity contribution >= 4 is 11.9 Å². The molecule has 0 fully saturated rings. The number of Topliss-reactive ketones (excluding diaryl/α,β-unsaturated/α-hetero) is 1. The summed E-state index contributed by atoms with van der Waals surface area (Å²) in [4.78, 5) is 15.3. The van der Waals surface area contributed by atoms with Gasteiger partial charge in [0.25, 0.3) is 0 Å². The van der Waals surface area contributed by atoms with E-state index in [-0.39, 0.29) is 5.78 Å². The summed E-state index contributed by atoms with van der Waals surface area (Å²) in [5.74, 6) is 3.00. The molecule has 0 spiro atoms. The van der Waals surface area contributed by atoms with Gasteiger partial charge in [-0.2, -0.15) is 0 Å². The van der Waals surface area contributed by atoms with Gasteiger partial charge in [-0.3, -0.25) is 9.69 Å². The lowest BCUT2D eigenvalue weighted by molar-refractivity contribution is 0.0871. The van der Waals surface area contributed by atoms with Crippen LogP contribution in [0.5, 0.6) is 23.0 Å². The van der Waals surface area contributed by atoms with Crippen LogP contribution in [0.3, 0.4) is 0 Å². The first-order valence-electron chi connectivity index (χ1n) is 10.8. The Balaban J connectivity index is 1.43. The van der Waals surface area contributed by atoms with Crippen LogP contribution in [0.4, 0.5) is 0 Å². The second-order valence-electron chi connectivity index (χ2n) is 8.17. The molecule has 2 aliphatic heterocycles. The Hall–Kier alpha value is -3.77. The Bertz CT molecular complexity index is 1250. The predicted molar refractivity (Wildman–Crippen MR) is 125 cm³/mol. The van der Waals surface area contributed by atoms with Crippen molar-refractivity contribution in [3.63, 3.8) is 0 Å². The first kappa shape index (κ1) is 21.1. The number of hydrogen-bond donors (Lipinski definition) is 0. The van der Waals surface area contributed by atoms with Crippen molar-refractivity contribution in [1.29, 1.82) is 0 Å². The number of carbonyl (C=O) groups excluding carboxylic acids is 1. The number of fused-ring (bicyclic) bond motifs is 3. The maximum Gasteiger partial charge on any atom is 0.232 e. The maximum absolute atomic E-state index is 13.1. The third-order valence-electron chi connectivity index (χ3n) is 5.94. The SMILES string of the molecule is COc1ccc(CN2COc3cc(C)c4c(c3C2)O/C(=C\c2ccccc2)C4=O)cc1OC. The van der Waals surface area contributed by atoms with Crippen LogP contribution in [-0.2, 0) is 13.1 Å². The van der Waals surface area contributed by atoms with E-state index in [9.17, 15) is 4.79 Å². The van der Waals surface area contributed by atoms with Crippen LogP contribution in [0.25, 0.3) is 6.08 Å². The highest BCUT2D eigenvalue weighted by atomic mass is 16.5. The summed E-state index contributed by atoms with van der Waals surface area (Å²) in [6.07, 6.45) is 1.79. The number of ketones is 1. The van der Waals surface area contributed by atoms with Gasteiger partial charge < -0.3 is 18.9 Å². The number of ether oxygens (including phenoxy) is 4. The number of rotatable bonds is 5. The van der Waals surface area contributed by atoms with E-state index in [1.807, 2.05) is 61.5 Å². The van der Waals surface area contributed by atoms with Crippen LogP contribution in [-0.4, -0.2) is 31.6 Å². The molecule has 0 saturated heterocycles. The normalized spacial score (nSPS) is 16.1. The number of methoxy groups -OCH3 is 2. The van der Waals surface area contributed by atoms with Gasteiger partial charge in [0.2, 0.25) is 5.78 Å². The molecule has 0 aliphatic carbocycles. The Kier molecular flexibility index (Phi) is 5.52. The van der Waals surface area contributed by atoms with Gasteiger partial charge in [0, 0.05) is 13.1 Å². The molecule has 0 radical (unpaired) electrons. The van der Waals surface area contributed by atoms with Gasteiger partial charge in [0.1, 0.15) is 18.2 Å². The molecule has 0 aromatic heterocycles. The smallest absolute Gasteiger partial charge is 0.232 e. The molecule has 0 amide bonds. The minimum Gasteiger partial charge on any atom is -0.493 e. The fourth-order valence-corrected chi connectivity index (χ4v) is 4.32. The van der Waals surface area contributed by atoms with Crippen LogP contribution in [0.15, 0.2) is 60.4 Å². The van der Waals surface area contributed by atoms with Gasteiger partial charge in [0.05, 0.1) is 25.3 Å². The summed E-state index contributed by atoms with van der Waals surface area (Å²) < 4.78 is 23.0. The molecule has 2 heterocycles. The van der Waals surface area contributed by atoms with Crippen LogP contribution < -0.4 is 18.9 Å². The molecule has 2 aliphatic rings. The second kappa shape index (κ2) is 8.64. The summed E-state index contributed by atoms with van der Waals surface area (Å²) in [5, 5.41) is 0. The molecule has 6 heteroatoms. The van der Waals surface area contributed by atoms with Crippen LogP contribution in [0.1, 0.15) is 32.6 Å². The van der Waals surface area contributed by atoms with Gasteiger partial charge >= 0.3 is 0 Å². The van der Waals surface area contributed by atoms with E-state index in [0.717, 1.165) is 28.0 Å². The van der Waals surface area contributed by atoms with E-state index in [1.165, 1.54) is 0 Å². The van der Waals surface area contributed by atoms with Crippen molar-refractivity contribution in [2.45, 2.75) is 20.0 Å². The molecule has 0 saturated carbocycles. The molecule has 5 rings (SSSR count). The van der Waals surface area contributed by atoms with Crippen molar-refractivity contribution in [1.82, 2.24) is 4.90 Å². The lowest BCUT2D eigenvalue weighted by Gasteiger charge is -2.30. The molecule has 0 bridgehead atoms. The number of hydrogen-bond acceptors (Lipinski definition) is 6. The molecule has 168 valence electrons. The minimum absolute atomic E-state index is 0.0915. The van der Waals surface area contributed by atoms with E-state index in [1.54, 1.807) is 20.3 Å². The Morgan fingerprint density at radius 3 is 2.58 bits per heavy atom. The van der Waals surface area contributed by atoms with Gasteiger partial charge in [-0.1, -0.05) is 36.4 Å². The molecular formula is C27H25NO5. The quantitative estimate of drug-likeness (QED) is 0.519. The number of allylic oxidation sites excluding steroid dienone is 1. The fraction of sp³-hybridized carbons (Fsp3) is 0.222. The van der Waals surface area contributed by atoms with Crippen molar-refractivity contribution in [2.75, 3.05) is 21.0 Å². The first-order valence-corrected chi connectivity index (χ1v) is 10.8. The molecule has 3 aromatic carbocycles. The summed E-state index contributed by atoms with van der Waals surface area (Å²) in [5.41, 5.74) is 4.37. The zero-order valence-electron chi connectivity index (χ0n) is 18.9. The lowest BCUT2D eigenvalue weighted by Crippen LogP contribution is -2.31. The van der Waals surface area contributed by atoms with Gasteiger partial charge in [-0.05, 0) is 47.9 Å². The number of carbonyl (C=O) groups is 1.